The summed E-state index contributed by atoms with van der Waals surface area (Å²) in [5.41, 5.74) is 0.562. The van der Waals surface area contributed by atoms with Gasteiger partial charge in [-0.1, -0.05) is 74.7 Å². The van der Waals surface area contributed by atoms with E-state index in [1.54, 1.807) is 54.3 Å². The van der Waals surface area contributed by atoms with Crippen LogP contribution in [-0.2, 0) is 19.7 Å². The maximum atomic E-state index is 13.9. The first-order chi connectivity index (χ1) is 22.2. The minimum absolute atomic E-state index is 0.140. The van der Waals surface area contributed by atoms with Crippen LogP contribution in [-0.4, -0.2) is 42.7 Å². The van der Waals surface area contributed by atoms with E-state index in [0.717, 1.165) is 32.1 Å². The molecule has 0 spiro atoms. The molecule has 1 N–H and O–H groups in total. The summed E-state index contributed by atoms with van der Waals surface area (Å²) in [6, 6.07) is 11.0. The molecule has 0 fully saturated rings. The number of halogens is 1. The van der Waals surface area contributed by atoms with Crippen molar-refractivity contribution in [3.8, 4) is 5.75 Å². The van der Waals surface area contributed by atoms with Gasteiger partial charge in [-0.05, 0) is 93.0 Å². The number of hydrogen-bond acceptors (Lipinski definition) is 5. The highest BCUT2D eigenvalue weighted by molar-refractivity contribution is 6.30. The molecule has 0 bridgehead atoms. The number of methoxy groups -OCH3 is 1. The number of hydrogen-bond donors (Lipinski definition) is 1. The quantitative estimate of drug-likeness (QED) is 0.0926. The molecule has 2 unspecified atom stereocenters. The molecule has 2 aromatic carbocycles. The van der Waals surface area contributed by atoms with E-state index in [4.69, 9.17) is 21.1 Å². The molecule has 1 aliphatic heterocycles. The molecule has 0 saturated heterocycles. The number of amides is 1. The molecule has 3 rings (SSSR count). The first-order valence-electron chi connectivity index (χ1n) is 16.3. The first-order valence-corrected chi connectivity index (χ1v) is 16.7. The van der Waals surface area contributed by atoms with Gasteiger partial charge in [0.2, 0.25) is 0 Å². The highest BCUT2D eigenvalue weighted by Crippen LogP contribution is 2.49. The summed E-state index contributed by atoms with van der Waals surface area (Å²) in [5.74, 6) is -1.19. The number of rotatable bonds is 19. The van der Waals surface area contributed by atoms with Crippen LogP contribution in [0.5, 0.6) is 5.75 Å². The molecule has 46 heavy (non-hydrogen) atoms. The number of carboxylic acids is 1. The summed E-state index contributed by atoms with van der Waals surface area (Å²) in [4.78, 5) is 40.3. The number of anilines is 1. The lowest BCUT2D eigenvalue weighted by atomic mass is 9.75. The first kappa shape index (κ1) is 36.6. The van der Waals surface area contributed by atoms with Gasteiger partial charge in [0, 0.05) is 28.1 Å². The molecule has 2 aromatic rings. The van der Waals surface area contributed by atoms with Crippen LogP contribution in [0.4, 0.5) is 5.69 Å². The number of aliphatic carboxylic acids is 1. The summed E-state index contributed by atoms with van der Waals surface area (Å²) in [5, 5.41) is 10.4. The maximum absolute atomic E-state index is 13.9. The highest BCUT2D eigenvalue weighted by atomic mass is 35.5. The van der Waals surface area contributed by atoms with Crippen LogP contribution in [0.15, 0.2) is 78.9 Å². The predicted octanol–water partition coefficient (Wildman–Crippen LogP) is 9.24. The fourth-order valence-electron chi connectivity index (χ4n) is 5.78. The van der Waals surface area contributed by atoms with Gasteiger partial charge in [-0.3, -0.25) is 14.4 Å². The van der Waals surface area contributed by atoms with E-state index in [2.05, 4.69) is 43.4 Å². The van der Waals surface area contributed by atoms with Crippen molar-refractivity contribution in [2.24, 2.45) is 0 Å². The molecule has 0 radical (unpaired) electrons. The standard InChI is InChI=1S/C38H48ClNO6/c1-4-5-6-7-8-9-10-11-12-13-14-15-16-17-18-19-36(43)46-28-34-38(2,27-35(41)42)32-26-31(45-3)24-25-33(32)40(34)37(44)29-20-22-30(39)23-21-29/h8-9,11-12,14-15,20-26,34H,4-7,10,13,16-19,27-28H2,1-3H3,(H,41,42). The molecule has 7 nitrogen and oxygen atoms in total. The van der Waals surface area contributed by atoms with Gasteiger partial charge in [-0.15, -0.1) is 0 Å². The summed E-state index contributed by atoms with van der Waals surface area (Å²) >= 11 is 6.06. The number of fused-ring (bicyclic) bond motifs is 1. The maximum Gasteiger partial charge on any atom is 0.305 e. The number of carbonyl (C=O) groups is 3. The molecule has 0 aliphatic carbocycles. The molecule has 2 atom stereocenters. The largest absolute Gasteiger partial charge is 0.497 e. The molecule has 0 aromatic heterocycles. The second-order valence-electron chi connectivity index (χ2n) is 11.9. The van der Waals surface area contributed by atoms with Gasteiger partial charge in [0.05, 0.1) is 19.6 Å². The zero-order valence-corrected chi connectivity index (χ0v) is 28.1. The molecule has 1 heterocycles. The minimum atomic E-state index is -1.04. The average Bonchev–Trinajstić information content (AvgIpc) is 3.27. The molecule has 1 aliphatic rings. The van der Waals surface area contributed by atoms with Crippen molar-refractivity contribution in [2.45, 2.75) is 95.9 Å². The lowest BCUT2D eigenvalue weighted by Crippen LogP contribution is -2.50. The van der Waals surface area contributed by atoms with Gasteiger partial charge in [-0.2, -0.15) is 0 Å². The van der Waals surface area contributed by atoms with Gasteiger partial charge in [-0.25, -0.2) is 0 Å². The molecular weight excluding hydrogens is 602 g/mol. The summed E-state index contributed by atoms with van der Waals surface area (Å²) in [7, 11) is 1.53. The van der Waals surface area contributed by atoms with Crippen molar-refractivity contribution in [1.82, 2.24) is 0 Å². The Hall–Kier alpha value is -3.84. The van der Waals surface area contributed by atoms with Gasteiger partial charge >= 0.3 is 11.9 Å². The number of nitrogens with zero attached hydrogens (tertiary/aromatic N) is 1. The number of ether oxygens (including phenoxy) is 2. The summed E-state index contributed by atoms with van der Waals surface area (Å²) in [6.45, 7) is 3.87. The van der Waals surface area contributed by atoms with Crippen LogP contribution in [0, 0.1) is 0 Å². The molecule has 8 heteroatoms. The van der Waals surface area contributed by atoms with E-state index in [0.29, 0.717) is 34.0 Å². The van der Waals surface area contributed by atoms with Crippen molar-refractivity contribution >= 4 is 35.1 Å². The van der Waals surface area contributed by atoms with Crippen LogP contribution < -0.4 is 9.64 Å². The van der Waals surface area contributed by atoms with Gasteiger partial charge in [0.25, 0.3) is 5.91 Å². The Balaban J connectivity index is 1.57. The SMILES string of the molecule is CCCCCC=CCC=CCC=CCCCCC(=O)OCC1N(C(=O)c2ccc(Cl)cc2)c2ccc(OC)cc2C1(C)CC(=O)O. The number of carboxylic acid groups (broad SMARTS) is 1. The lowest BCUT2D eigenvalue weighted by Gasteiger charge is -2.34. The van der Waals surface area contributed by atoms with Crippen molar-refractivity contribution in [2.75, 3.05) is 18.6 Å². The van der Waals surface area contributed by atoms with E-state index < -0.39 is 17.4 Å². The zero-order valence-electron chi connectivity index (χ0n) is 27.4. The van der Waals surface area contributed by atoms with E-state index in [1.165, 1.54) is 26.4 Å². The van der Waals surface area contributed by atoms with Crippen LogP contribution >= 0.6 is 11.6 Å². The van der Waals surface area contributed by atoms with Crippen LogP contribution in [0.2, 0.25) is 5.02 Å². The molecule has 1 amide bonds. The Morgan fingerprint density at radius 2 is 1.54 bits per heavy atom. The molecule has 248 valence electrons. The number of carbonyl (C=O) groups excluding carboxylic acids is 2. The van der Waals surface area contributed by atoms with Crippen LogP contribution in [0.25, 0.3) is 0 Å². The fraction of sp³-hybridized carbons (Fsp3) is 0.447. The van der Waals surface area contributed by atoms with Crippen molar-refractivity contribution in [3.63, 3.8) is 0 Å². The third-order valence-electron chi connectivity index (χ3n) is 8.38. The third kappa shape index (κ3) is 10.6. The monoisotopic (exact) mass is 649 g/mol. The van der Waals surface area contributed by atoms with Crippen molar-refractivity contribution < 1.29 is 29.0 Å². The van der Waals surface area contributed by atoms with Gasteiger partial charge < -0.3 is 19.5 Å². The van der Waals surface area contributed by atoms with Crippen molar-refractivity contribution in [3.05, 3.63) is 95.1 Å². The lowest BCUT2D eigenvalue weighted by molar-refractivity contribution is -0.144. The van der Waals surface area contributed by atoms with E-state index in [1.807, 2.05) is 0 Å². The number of benzene rings is 2. The van der Waals surface area contributed by atoms with Crippen molar-refractivity contribution in [1.29, 1.82) is 0 Å². The van der Waals surface area contributed by atoms with Crippen LogP contribution in [0.3, 0.4) is 0 Å². The Bertz CT molecular complexity index is 1380. The summed E-state index contributed by atoms with van der Waals surface area (Å²) < 4.78 is 11.2. The normalized spacial score (nSPS) is 17.7. The van der Waals surface area contributed by atoms with E-state index in [9.17, 15) is 19.5 Å². The van der Waals surface area contributed by atoms with Gasteiger partial charge in [0.15, 0.2) is 0 Å². The topological polar surface area (TPSA) is 93.1 Å². The molecule has 0 saturated carbocycles. The summed E-state index contributed by atoms with van der Waals surface area (Å²) in [6.07, 6.45) is 22.3. The second kappa shape index (κ2) is 19.0. The fourth-order valence-corrected chi connectivity index (χ4v) is 5.90. The average molecular weight is 650 g/mol. The predicted molar refractivity (Wildman–Crippen MR) is 185 cm³/mol. The van der Waals surface area contributed by atoms with E-state index >= 15 is 0 Å². The number of allylic oxidation sites excluding steroid dienone is 6. The van der Waals surface area contributed by atoms with Crippen LogP contribution in [0.1, 0.15) is 100 Å². The highest BCUT2D eigenvalue weighted by Gasteiger charge is 2.52. The van der Waals surface area contributed by atoms with E-state index in [-0.39, 0.29) is 31.3 Å². The van der Waals surface area contributed by atoms with Gasteiger partial charge in [0.1, 0.15) is 12.4 Å². The zero-order chi connectivity index (χ0) is 33.4. The molecular formula is C38H48ClNO6. The Kier molecular flexibility index (Phi) is 15.1. The minimum Gasteiger partial charge on any atom is -0.497 e. The Morgan fingerprint density at radius 1 is 0.913 bits per heavy atom. The Labute approximate surface area is 278 Å². The number of unbranched alkanes of at least 4 members (excludes halogenated alkanes) is 5. The second-order valence-corrected chi connectivity index (χ2v) is 12.3. The smallest absolute Gasteiger partial charge is 0.305 e. The number of esters is 1. The third-order valence-corrected chi connectivity index (χ3v) is 8.63. The Morgan fingerprint density at radius 3 is 2.15 bits per heavy atom.